The number of halogens is 1. The molecule has 0 radical (unpaired) electrons. The predicted molar refractivity (Wildman–Crippen MR) is 67.9 cm³/mol. The molecular formula is C9H13ClN8. The molecule has 0 bridgehead atoms. The zero-order valence-electron chi connectivity index (χ0n) is 9.76. The van der Waals surface area contributed by atoms with E-state index in [4.69, 9.17) is 17.4 Å². The zero-order valence-corrected chi connectivity index (χ0v) is 10.5. The van der Waals surface area contributed by atoms with E-state index < -0.39 is 0 Å². The lowest BCUT2D eigenvalue weighted by Crippen LogP contribution is -2.13. The Kier molecular flexibility index (Phi) is 3.90. The molecule has 2 heterocycles. The first-order valence-electron chi connectivity index (χ1n) is 5.34. The molecular weight excluding hydrogens is 256 g/mol. The van der Waals surface area contributed by atoms with Crippen LogP contribution in [-0.4, -0.2) is 24.7 Å². The van der Waals surface area contributed by atoms with Crippen molar-refractivity contribution in [3.05, 3.63) is 23.4 Å². The van der Waals surface area contributed by atoms with Gasteiger partial charge in [-0.2, -0.15) is 4.98 Å². The van der Waals surface area contributed by atoms with Crippen LogP contribution in [0.25, 0.3) is 0 Å². The number of nitrogens with one attached hydrogen (secondary N) is 2. The lowest BCUT2D eigenvalue weighted by atomic mass is 10.5. The van der Waals surface area contributed by atoms with Crippen LogP contribution in [0.15, 0.2) is 12.5 Å². The first kappa shape index (κ1) is 12.5. The summed E-state index contributed by atoms with van der Waals surface area (Å²) in [7, 11) is 0. The second-order valence-electron chi connectivity index (χ2n) is 3.42. The van der Waals surface area contributed by atoms with Gasteiger partial charge in [0, 0.05) is 6.54 Å². The number of aromatic nitrogens is 5. The highest BCUT2D eigenvalue weighted by Gasteiger charge is 2.07. The van der Waals surface area contributed by atoms with E-state index in [0.717, 1.165) is 12.4 Å². The van der Waals surface area contributed by atoms with Crippen LogP contribution in [0.1, 0.15) is 12.7 Å². The van der Waals surface area contributed by atoms with Gasteiger partial charge in [0.1, 0.15) is 11.3 Å². The Hall–Kier alpha value is -1.93. The number of hydrogen-bond acceptors (Lipinski definition) is 7. The fourth-order valence-corrected chi connectivity index (χ4v) is 1.56. The van der Waals surface area contributed by atoms with Crippen LogP contribution in [0.3, 0.4) is 0 Å². The normalized spacial score (nSPS) is 10.4. The van der Waals surface area contributed by atoms with E-state index in [1.807, 2.05) is 11.5 Å². The smallest absolute Gasteiger partial charge is 0.239 e. The highest BCUT2D eigenvalue weighted by Crippen LogP contribution is 2.19. The Morgan fingerprint density at radius 2 is 2.33 bits per heavy atom. The van der Waals surface area contributed by atoms with Gasteiger partial charge >= 0.3 is 0 Å². The molecule has 0 saturated heterocycles. The molecule has 0 aliphatic carbocycles. The lowest BCUT2D eigenvalue weighted by Gasteiger charge is -2.08. The minimum atomic E-state index is 0.291. The maximum atomic E-state index is 5.97. The summed E-state index contributed by atoms with van der Waals surface area (Å²) in [6.07, 6.45) is 3.14. The number of nitrogen functional groups attached to an aromatic ring is 1. The molecule has 0 aromatic carbocycles. The molecule has 0 fully saturated rings. The third kappa shape index (κ3) is 2.66. The van der Waals surface area contributed by atoms with Crippen LogP contribution < -0.4 is 16.6 Å². The number of nitrogens with two attached hydrogens (primary N) is 1. The molecule has 0 spiro atoms. The predicted octanol–water partition coefficient (Wildman–Crippen LogP) is 0.639. The van der Waals surface area contributed by atoms with Gasteiger partial charge in [-0.05, 0) is 6.92 Å². The minimum absolute atomic E-state index is 0.291. The molecule has 4 N–H and O–H groups in total. The molecule has 2 aromatic heterocycles. The van der Waals surface area contributed by atoms with Crippen molar-refractivity contribution in [2.24, 2.45) is 5.84 Å². The number of rotatable bonds is 5. The average molecular weight is 269 g/mol. The molecule has 0 amide bonds. The molecule has 2 rings (SSSR count). The highest BCUT2D eigenvalue weighted by molar-refractivity contribution is 6.32. The Labute approximate surface area is 109 Å². The van der Waals surface area contributed by atoms with Crippen molar-refractivity contribution < 1.29 is 0 Å². The summed E-state index contributed by atoms with van der Waals surface area (Å²) in [5.41, 5.74) is 2.36. The van der Waals surface area contributed by atoms with Crippen LogP contribution in [0.5, 0.6) is 0 Å². The summed E-state index contributed by atoms with van der Waals surface area (Å²) in [5, 5.41) is 11.3. The Balaban J connectivity index is 2.10. The molecule has 96 valence electrons. The van der Waals surface area contributed by atoms with Crippen molar-refractivity contribution in [1.29, 1.82) is 0 Å². The van der Waals surface area contributed by atoms with Crippen molar-refractivity contribution in [2.45, 2.75) is 20.0 Å². The van der Waals surface area contributed by atoms with E-state index in [1.165, 1.54) is 6.20 Å². The van der Waals surface area contributed by atoms with Gasteiger partial charge in [-0.15, -0.1) is 10.2 Å². The van der Waals surface area contributed by atoms with E-state index in [0.29, 0.717) is 23.3 Å². The van der Waals surface area contributed by atoms with Crippen molar-refractivity contribution >= 4 is 23.4 Å². The number of hydrogen-bond donors (Lipinski definition) is 3. The van der Waals surface area contributed by atoms with Gasteiger partial charge in [-0.25, -0.2) is 10.8 Å². The van der Waals surface area contributed by atoms with E-state index in [1.54, 1.807) is 6.33 Å². The molecule has 9 heteroatoms. The summed E-state index contributed by atoms with van der Waals surface area (Å²) in [5.74, 6) is 6.81. The number of hydrazine groups is 1. The van der Waals surface area contributed by atoms with Gasteiger partial charge in [0.05, 0.1) is 12.7 Å². The van der Waals surface area contributed by atoms with Gasteiger partial charge in [0.2, 0.25) is 5.95 Å². The van der Waals surface area contributed by atoms with Crippen LogP contribution in [0.2, 0.25) is 5.02 Å². The standard InChI is InChI=1S/C9H13ClN8/c1-2-18-5-14-17-7(18)4-12-8-6(10)3-13-9(15-8)16-11/h3,5H,2,4,11H2,1H3,(H2,12,13,15,16). The number of nitrogens with zero attached hydrogens (tertiary/aromatic N) is 5. The van der Waals surface area contributed by atoms with Crippen molar-refractivity contribution in [3.8, 4) is 0 Å². The van der Waals surface area contributed by atoms with E-state index in [9.17, 15) is 0 Å². The maximum absolute atomic E-state index is 5.97. The second kappa shape index (κ2) is 5.61. The lowest BCUT2D eigenvalue weighted by molar-refractivity contribution is 0.707. The van der Waals surface area contributed by atoms with E-state index >= 15 is 0 Å². The largest absolute Gasteiger partial charge is 0.361 e. The van der Waals surface area contributed by atoms with Crippen LogP contribution in [0, 0.1) is 0 Å². The van der Waals surface area contributed by atoms with E-state index in [2.05, 4.69) is 30.9 Å². The molecule has 8 nitrogen and oxygen atoms in total. The van der Waals surface area contributed by atoms with Gasteiger partial charge < -0.3 is 9.88 Å². The molecule has 0 aliphatic heterocycles. The summed E-state index contributed by atoms with van der Waals surface area (Å²) in [6, 6.07) is 0. The Morgan fingerprint density at radius 3 is 3.06 bits per heavy atom. The fourth-order valence-electron chi connectivity index (χ4n) is 1.40. The summed E-state index contributed by atoms with van der Waals surface area (Å²) >= 11 is 5.97. The van der Waals surface area contributed by atoms with Gasteiger partial charge in [-0.3, -0.25) is 5.43 Å². The van der Waals surface area contributed by atoms with E-state index in [-0.39, 0.29) is 0 Å². The average Bonchev–Trinajstić information content (AvgIpc) is 2.85. The molecule has 0 unspecified atom stereocenters. The molecule has 2 aromatic rings. The van der Waals surface area contributed by atoms with Crippen molar-refractivity contribution in [2.75, 3.05) is 10.7 Å². The maximum Gasteiger partial charge on any atom is 0.239 e. The summed E-state index contributed by atoms with van der Waals surface area (Å²) in [6.45, 7) is 3.28. The van der Waals surface area contributed by atoms with Crippen molar-refractivity contribution in [3.63, 3.8) is 0 Å². The van der Waals surface area contributed by atoms with Crippen LogP contribution in [0.4, 0.5) is 11.8 Å². The molecule has 18 heavy (non-hydrogen) atoms. The zero-order chi connectivity index (χ0) is 13.0. The van der Waals surface area contributed by atoms with Crippen LogP contribution >= 0.6 is 11.6 Å². The monoisotopic (exact) mass is 268 g/mol. The molecule has 0 saturated carbocycles. The molecule has 0 aliphatic rings. The van der Waals surface area contributed by atoms with Gasteiger partial charge in [0.15, 0.2) is 11.6 Å². The van der Waals surface area contributed by atoms with Gasteiger partial charge in [-0.1, -0.05) is 11.6 Å². The van der Waals surface area contributed by atoms with Crippen molar-refractivity contribution in [1.82, 2.24) is 24.7 Å². The highest BCUT2D eigenvalue weighted by atomic mass is 35.5. The Morgan fingerprint density at radius 1 is 1.50 bits per heavy atom. The minimum Gasteiger partial charge on any atom is -0.361 e. The topological polar surface area (TPSA) is 107 Å². The first-order valence-corrected chi connectivity index (χ1v) is 5.72. The fraction of sp³-hybridized carbons (Fsp3) is 0.333. The number of aryl methyl sites for hydroxylation is 1. The summed E-state index contributed by atoms with van der Waals surface area (Å²) < 4.78 is 1.92. The Bertz CT molecular complexity index is 525. The van der Waals surface area contributed by atoms with Gasteiger partial charge in [0.25, 0.3) is 0 Å². The third-order valence-electron chi connectivity index (χ3n) is 2.32. The molecule has 0 atom stereocenters. The quantitative estimate of drug-likeness (QED) is 0.539. The first-order chi connectivity index (χ1) is 8.74. The van der Waals surface area contributed by atoms with Crippen LogP contribution in [-0.2, 0) is 13.1 Å². The SMILES string of the molecule is CCn1cnnc1CNc1nc(NN)ncc1Cl. The number of anilines is 2. The summed E-state index contributed by atoms with van der Waals surface area (Å²) in [4.78, 5) is 7.98. The second-order valence-corrected chi connectivity index (χ2v) is 3.83. The third-order valence-corrected chi connectivity index (χ3v) is 2.60.